The molecule has 10 rings (SSSR count). The molecule has 0 fully saturated rings. The van der Waals surface area contributed by atoms with Gasteiger partial charge in [-0.25, -0.2) is 19.9 Å². The lowest BCUT2D eigenvalue weighted by Crippen LogP contribution is -1.97. The molecule has 0 aliphatic heterocycles. The molecular formula is C40H24N6. The Labute approximate surface area is 262 Å². The Bertz CT molecular complexity index is 2600. The van der Waals surface area contributed by atoms with Gasteiger partial charge >= 0.3 is 0 Å². The topological polar surface area (TPSA) is 61.4 Å². The number of rotatable bonds is 3. The zero-order valence-electron chi connectivity index (χ0n) is 24.5. The molecule has 6 nitrogen and oxygen atoms in total. The number of benzene rings is 6. The molecule has 0 bridgehead atoms. The number of fused-ring (bicyclic) bond motifs is 8. The van der Waals surface area contributed by atoms with Crippen LogP contribution in [0.2, 0.25) is 0 Å². The second-order valence-corrected chi connectivity index (χ2v) is 11.6. The second-order valence-electron chi connectivity index (χ2n) is 11.6. The number of para-hydroxylation sites is 6. The fourth-order valence-corrected chi connectivity index (χ4v) is 6.75. The van der Waals surface area contributed by atoms with Crippen LogP contribution in [0.5, 0.6) is 0 Å². The highest BCUT2D eigenvalue weighted by Crippen LogP contribution is 2.34. The maximum Gasteiger partial charge on any atom is 0.165 e. The molecule has 0 saturated heterocycles. The lowest BCUT2D eigenvalue weighted by atomic mass is 10.0. The minimum atomic E-state index is 0.860. The predicted molar refractivity (Wildman–Crippen MR) is 187 cm³/mol. The monoisotopic (exact) mass is 588 g/mol. The van der Waals surface area contributed by atoms with E-state index in [-0.39, 0.29) is 0 Å². The summed E-state index contributed by atoms with van der Waals surface area (Å²) in [5.41, 5.74) is 13.7. The van der Waals surface area contributed by atoms with Crippen LogP contribution in [-0.4, -0.2) is 29.1 Å². The molecule has 10 aromatic rings. The summed E-state index contributed by atoms with van der Waals surface area (Å²) in [5.74, 6) is 0. The Kier molecular flexibility index (Phi) is 5.19. The summed E-state index contributed by atoms with van der Waals surface area (Å²) in [5, 5.41) is 2.19. The van der Waals surface area contributed by atoms with Gasteiger partial charge in [-0.05, 0) is 71.8 Å². The van der Waals surface area contributed by atoms with Gasteiger partial charge in [0.15, 0.2) is 11.3 Å². The van der Waals surface area contributed by atoms with Crippen LogP contribution in [0.1, 0.15) is 0 Å². The van der Waals surface area contributed by atoms with E-state index in [0.29, 0.717) is 0 Å². The average molecular weight is 589 g/mol. The quantitative estimate of drug-likeness (QED) is 0.206. The third kappa shape index (κ3) is 3.64. The van der Waals surface area contributed by atoms with E-state index in [9.17, 15) is 0 Å². The normalized spacial score (nSPS) is 11.9. The first-order valence-electron chi connectivity index (χ1n) is 15.3. The van der Waals surface area contributed by atoms with E-state index in [1.807, 2.05) is 48.5 Å². The van der Waals surface area contributed by atoms with Crippen LogP contribution < -0.4 is 0 Å². The molecule has 214 valence electrons. The summed E-state index contributed by atoms with van der Waals surface area (Å²) in [4.78, 5) is 20.1. The number of hydrogen-bond donors (Lipinski definition) is 0. The molecule has 0 atom stereocenters. The van der Waals surface area contributed by atoms with E-state index in [4.69, 9.17) is 19.9 Å². The van der Waals surface area contributed by atoms with Crippen molar-refractivity contribution in [3.8, 4) is 22.5 Å². The zero-order valence-corrected chi connectivity index (χ0v) is 24.5. The molecular weight excluding hydrogens is 564 g/mol. The molecule has 0 unspecified atom stereocenters. The SMILES string of the molecule is c1ccc2nc3c(nc2c1)c1ccccc1n3-c1ccc(-c2ccc(-n3c4ccccc4c4nc5ccccc5nc43)cc2)cc1. The smallest absolute Gasteiger partial charge is 0.165 e. The van der Waals surface area contributed by atoms with Gasteiger partial charge in [0, 0.05) is 22.1 Å². The molecule has 4 aromatic heterocycles. The van der Waals surface area contributed by atoms with Gasteiger partial charge < -0.3 is 0 Å². The first-order valence-corrected chi connectivity index (χ1v) is 15.3. The Hall–Kier alpha value is -6.40. The van der Waals surface area contributed by atoms with Crippen molar-refractivity contribution in [3.63, 3.8) is 0 Å². The number of aromatic nitrogens is 6. The van der Waals surface area contributed by atoms with Gasteiger partial charge in [0.1, 0.15) is 11.0 Å². The molecule has 0 spiro atoms. The first kappa shape index (κ1) is 25.0. The summed E-state index contributed by atoms with van der Waals surface area (Å²) in [7, 11) is 0. The lowest BCUT2D eigenvalue weighted by Gasteiger charge is -2.11. The average Bonchev–Trinajstić information content (AvgIpc) is 3.61. The highest BCUT2D eigenvalue weighted by Gasteiger charge is 2.17. The fourth-order valence-electron chi connectivity index (χ4n) is 6.75. The summed E-state index contributed by atoms with van der Waals surface area (Å²) in [6, 6.07) is 50.3. The van der Waals surface area contributed by atoms with Crippen molar-refractivity contribution < 1.29 is 0 Å². The minimum absolute atomic E-state index is 0.860. The van der Waals surface area contributed by atoms with E-state index >= 15 is 0 Å². The van der Waals surface area contributed by atoms with Crippen molar-refractivity contribution in [2.24, 2.45) is 0 Å². The molecule has 0 amide bonds. The third-order valence-electron chi connectivity index (χ3n) is 8.91. The van der Waals surface area contributed by atoms with E-state index in [2.05, 4.69) is 106 Å². The van der Waals surface area contributed by atoms with Crippen molar-refractivity contribution in [3.05, 3.63) is 146 Å². The maximum atomic E-state index is 5.05. The zero-order chi connectivity index (χ0) is 30.2. The summed E-state index contributed by atoms with van der Waals surface area (Å²) in [6.07, 6.45) is 0. The Morgan fingerprint density at radius 3 is 1.09 bits per heavy atom. The first-order chi connectivity index (χ1) is 22.8. The van der Waals surface area contributed by atoms with Crippen molar-refractivity contribution in [1.82, 2.24) is 29.1 Å². The van der Waals surface area contributed by atoms with Crippen molar-refractivity contribution in [2.75, 3.05) is 0 Å². The fraction of sp³-hybridized carbons (Fsp3) is 0. The molecule has 0 radical (unpaired) electrons. The van der Waals surface area contributed by atoms with Gasteiger partial charge in [-0.3, -0.25) is 9.13 Å². The van der Waals surface area contributed by atoms with E-state index in [0.717, 1.165) is 88.7 Å². The standard InChI is InChI=1S/C40H24N6/c1-7-15-35-29(9-1)37-39(43-33-13-5-3-11-31(33)41-37)45(35)27-21-17-25(18-22-27)26-19-23-28(24-20-26)46-36-16-8-2-10-30(36)38-40(46)44-34-14-6-4-12-32(34)42-38/h1-24H. The summed E-state index contributed by atoms with van der Waals surface area (Å²) >= 11 is 0. The van der Waals surface area contributed by atoms with Crippen LogP contribution in [0.25, 0.3) is 88.7 Å². The van der Waals surface area contributed by atoms with Crippen LogP contribution in [0.4, 0.5) is 0 Å². The molecule has 0 saturated carbocycles. The van der Waals surface area contributed by atoms with Gasteiger partial charge in [-0.2, -0.15) is 0 Å². The highest BCUT2D eigenvalue weighted by molar-refractivity contribution is 6.08. The van der Waals surface area contributed by atoms with Gasteiger partial charge in [-0.15, -0.1) is 0 Å². The van der Waals surface area contributed by atoms with Crippen molar-refractivity contribution >= 4 is 66.2 Å². The number of nitrogens with zero attached hydrogens (tertiary/aromatic N) is 6. The maximum absolute atomic E-state index is 5.05. The van der Waals surface area contributed by atoms with E-state index in [1.165, 1.54) is 0 Å². The van der Waals surface area contributed by atoms with Gasteiger partial charge in [-0.1, -0.05) is 84.9 Å². The highest BCUT2D eigenvalue weighted by atomic mass is 15.1. The molecule has 0 aliphatic carbocycles. The summed E-state index contributed by atoms with van der Waals surface area (Å²) < 4.78 is 4.42. The van der Waals surface area contributed by atoms with Crippen molar-refractivity contribution in [1.29, 1.82) is 0 Å². The van der Waals surface area contributed by atoms with Crippen LogP contribution in [0, 0.1) is 0 Å². The number of hydrogen-bond acceptors (Lipinski definition) is 4. The van der Waals surface area contributed by atoms with Crippen molar-refractivity contribution in [2.45, 2.75) is 0 Å². The van der Waals surface area contributed by atoms with Gasteiger partial charge in [0.2, 0.25) is 0 Å². The molecule has 0 N–H and O–H groups in total. The van der Waals surface area contributed by atoms with E-state index < -0.39 is 0 Å². The second kappa shape index (κ2) is 9.55. The Balaban J connectivity index is 1.07. The minimum Gasteiger partial charge on any atom is -0.293 e. The Morgan fingerprint density at radius 1 is 0.326 bits per heavy atom. The Morgan fingerprint density at radius 2 is 0.674 bits per heavy atom. The summed E-state index contributed by atoms with van der Waals surface area (Å²) in [6.45, 7) is 0. The molecule has 6 aromatic carbocycles. The van der Waals surface area contributed by atoms with Crippen LogP contribution in [-0.2, 0) is 0 Å². The van der Waals surface area contributed by atoms with Crippen LogP contribution in [0.15, 0.2) is 146 Å². The molecule has 0 aliphatic rings. The molecule has 46 heavy (non-hydrogen) atoms. The largest absolute Gasteiger partial charge is 0.293 e. The molecule has 4 heterocycles. The lowest BCUT2D eigenvalue weighted by molar-refractivity contribution is 1.14. The van der Waals surface area contributed by atoms with Gasteiger partial charge in [0.05, 0.1) is 33.1 Å². The predicted octanol–water partition coefficient (Wildman–Crippen LogP) is 9.43. The van der Waals surface area contributed by atoms with E-state index in [1.54, 1.807) is 0 Å². The van der Waals surface area contributed by atoms with Gasteiger partial charge in [0.25, 0.3) is 0 Å². The van der Waals surface area contributed by atoms with Crippen LogP contribution in [0.3, 0.4) is 0 Å². The van der Waals surface area contributed by atoms with Crippen LogP contribution >= 0.6 is 0 Å². The third-order valence-corrected chi connectivity index (χ3v) is 8.91. The molecule has 6 heteroatoms.